The van der Waals surface area contributed by atoms with Gasteiger partial charge in [-0.1, -0.05) is 25.0 Å². The van der Waals surface area contributed by atoms with Crippen LogP contribution in [0.3, 0.4) is 0 Å². The summed E-state index contributed by atoms with van der Waals surface area (Å²) in [5.74, 6) is 4.08. The third-order valence-electron chi connectivity index (χ3n) is 13.3. The fourth-order valence-electron chi connectivity index (χ4n) is 10.6. The van der Waals surface area contributed by atoms with E-state index in [1.165, 1.54) is 5.57 Å². The number of allylic oxidation sites excluding steroid dienone is 4. The summed E-state index contributed by atoms with van der Waals surface area (Å²) in [6.07, 6.45) is 7.71. The standard InChI is InChI=1S/C38H58N6O3/c1-8-42(9-2)33-22-34(40-36(39-33)43(10-3)11-4)44-18-16-41(17-19-44)24-32(47)30-15-14-29-28-13-12-26-21-27(45)20-25(5)38(26,7)35(28)31(46)23-37(29,30)6/h20-22,28-31,35,46H,8-19,23-24H2,1-7H3/t28-,29-,30+,31?,35+,37-,38-/m0/s1. The number of anilines is 3. The zero-order valence-electron chi connectivity index (χ0n) is 30.0. The van der Waals surface area contributed by atoms with Gasteiger partial charge in [0.05, 0.1) is 12.6 Å². The van der Waals surface area contributed by atoms with Crippen LogP contribution in [0.25, 0.3) is 0 Å². The maximum Gasteiger partial charge on any atom is 0.229 e. The Morgan fingerprint density at radius 2 is 1.64 bits per heavy atom. The van der Waals surface area contributed by atoms with Crippen molar-refractivity contribution in [1.82, 2.24) is 14.9 Å². The van der Waals surface area contributed by atoms with Gasteiger partial charge in [0.25, 0.3) is 0 Å². The Labute approximate surface area is 282 Å². The van der Waals surface area contributed by atoms with Gasteiger partial charge in [-0.05, 0) is 96.1 Å². The molecule has 1 saturated heterocycles. The molecule has 1 unspecified atom stereocenters. The number of carbonyl (C=O) groups excluding carboxylic acids is 2. The number of hydrogen-bond donors (Lipinski definition) is 1. The minimum Gasteiger partial charge on any atom is -0.393 e. The van der Waals surface area contributed by atoms with Gasteiger partial charge in [0.2, 0.25) is 5.95 Å². The van der Waals surface area contributed by atoms with E-state index in [1.54, 1.807) is 6.08 Å². The molecule has 9 heteroatoms. The summed E-state index contributed by atoms with van der Waals surface area (Å²) in [6, 6.07) is 2.13. The van der Waals surface area contributed by atoms with Gasteiger partial charge in [0.15, 0.2) is 5.78 Å². The molecule has 9 nitrogen and oxygen atoms in total. The molecule has 4 aliphatic carbocycles. The summed E-state index contributed by atoms with van der Waals surface area (Å²) in [5.41, 5.74) is 1.85. The molecule has 0 radical (unpaired) electrons. The molecule has 0 bridgehead atoms. The van der Waals surface area contributed by atoms with E-state index in [0.29, 0.717) is 30.6 Å². The predicted octanol–water partition coefficient (Wildman–Crippen LogP) is 5.15. The third-order valence-corrected chi connectivity index (χ3v) is 13.3. The Bertz CT molecular complexity index is 1380. The molecule has 5 aliphatic rings. The average molecular weight is 647 g/mol. The van der Waals surface area contributed by atoms with Crippen LogP contribution in [-0.2, 0) is 9.59 Å². The first-order chi connectivity index (χ1) is 22.5. The number of aliphatic hydroxyl groups excluding tert-OH is 1. The van der Waals surface area contributed by atoms with E-state index in [-0.39, 0.29) is 28.4 Å². The molecule has 258 valence electrons. The van der Waals surface area contributed by atoms with Crippen LogP contribution in [-0.4, -0.2) is 96.5 Å². The molecule has 4 fully saturated rings. The quantitative estimate of drug-likeness (QED) is 0.371. The Balaban J connectivity index is 1.12. The van der Waals surface area contributed by atoms with Crippen molar-refractivity contribution in [1.29, 1.82) is 0 Å². The Hall–Kier alpha value is -2.78. The zero-order chi connectivity index (χ0) is 33.7. The van der Waals surface area contributed by atoms with Gasteiger partial charge in [0, 0.05) is 75.7 Å². The van der Waals surface area contributed by atoms with E-state index < -0.39 is 6.10 Å². The molecule has 47 heavy (non-hydrogen) atoms. The van der Waals surface area contributed by atoms with Crippen molar-refractivity contribution < 1.29 is 14.7 Å². The van der Waals surface area contributed by atoms with Gasteiger partial charge in [-0.25, -0.2) is 0 Å². The lowest BCUT2D eigenvalue weighted by Crippen LogP contribution is -2.57. The number of piperazine rings is 1. The summed E-state index contributed by atoms with van der Waals surface area (Å²) in [6.45, 7) is 22.6. The van der Waals surface area contributed by atoms with E-state index in [1.807, 2.05) is 6.08 Å². The molecule has 0 spiro atoms. The lowest BCUT2D eigenvalue weighted by atomic mass is 9.45. The lowest BCUT2D eigenvalue weighted by molar-refractivity contribution is -0.140. The third kappa shape index (κ3) is 5.83. The van der Waals surface area contributed by atoms with Crippen LogP contribution >= 0.6 is 0 Å². The van der Waals surface area contributed by atoms with Crippen LogP contribution < -0.4 is 14.7 Å². The van der Waals surface area contributed by atoms with Crippen molar-refractivity contribution in [2.24, 2.45) is 34.5 Å². The molecular weight excluding hydrogens is 588 g/mol. The molecule has 1 aliphatic heterocycles. The van der Waals surface area contributed by atoms with E-state index >= 15 is 0 Å². The molecule has 1 N–H and O–H groups in total. The summed E-state index contributed by atoms with van der Waals surface area (Å²) < 4.78 is 0. The molecule has 7 atom stereocenters. The van der Waals surface area contributed by atoms with Gasteiger partial charge in [-0.15, -0.1) is 0 Å². The SMILES string of the molecule is CCN(CC)c1cc(N2CCN(CC(=O)[C@H]3CC[C@H]4[C@@H]5CCC6=CC(=O)C=C(C)[C@]6(C)[C@H]5C(O)C[C@]34C)CC2)nc(N(CC)CC)n1. The monoisotopic (exact) mass is 646 g/mol. The highest BCUT2D eigenvalue weighted by atomic mass is 16.3. The molecule has 3 saturated carbocycles. The summed E-state index contributed by atoms with van der Waals surface area (Å²) in [5, 5.41) is 11.9. The molecular formula is C38H58N6O3. The van der Waals surface area contributed by atoms with Crippen molar-refractivity contribution in [3.05, 3.63) is 29.4 Å². The zero-order valence-corrected chi connectivity index (χ0v) is 30.0. The van der Waals surface area contributed by atoms with Crippen LogP contribution in [0.2, 0.25) is 0 Å². The normalized spacial score (nSPS) is 33.8. The first-order valence-electron chi connectivity index (χ1n) is 18.5. The largest absolute Gasteiger partial charge is 0.393 e. The molecule has 2 heterocycles. The second-order valence-corrected chi connectivity index (χ2v) is 15.3. The van der Waals surface area contributed by atoms with Crippen LogP contribution in [0.1, 0.15) is 80.6 Å². The maximum atomic E-state index is 14.1. The maximum absolute atomic E-state index is 14.1. The number of ketones is 2. The summed E-state index contributed by atoms with van der Waals surface area (Å²) >= 11 is 0. The van der Waals surface area contributed by atoms with Crippen molar-refractivity contribution in [3.63, 3.8) is 0 Å². The Kier molecular flexibility index (Phi) is 9.62. The van der Waals surface area contributed by atoms with E-state index in [0.717, 1.165) is 101 Å². The van der Waals surface area contributed by atoms with E-state index in [9.17, 15) is 14.7 Å². The molecule has 1 aromatic heterocycles. The first-order valence-corrected chi connectivity index (χ1v) is 18.5. The lowest BCUT2D eigenvalue weighted by Gasteiger charge is -2.59. The van der Waals surface area contributed by atoms with Crippen molar-refractivity contribution in [3.8, 4) is 0 Å². The number of nitrogens with zero attached hydrogens (tertiary/aromatic N) is 6. The van der Waals surface area contributed by atoms with Crippen LogP contribution in [0.4, 0.5) is 17.6 Å². The molecule has 0 amide bonds. The molecule has 0 aromatic carbocycles. The van der Waals surface area contributed by atoms with E-state index in [2.05, 4.69) is 74.1 Å². The predicted molar refractivity (Wildman–Crippen MR) is 189 cm³/mol. The van der Waals surface area contributed by atoms with E-state index in [4.69, 9.17) is 9.97 Å². The van der Waals surface area contributed by atoms with Crippen LogP contribution in [0.5, 0.6) is 0 Å². The minimum absolute atomic E-state index is 0.00873. The minimum atomic E-state index is -0.473. The second-order valence-electron chi connectivity index (χ2n) is 15.3. The van der Waals surface area contributed by atoms with Crippen LogP contribution in [0, 0.1) is 34.5 Å². The number of aliphatic hydroxyl groups is 1. The number of fused-ring (bicyclic) bond motifs is 5. The number of Topliss-reactive ketones (excluding diaryl/α,β-unsaturated/α-hetero) is 1. The van der Waals surface area contributed by atoms with Crippen molar-refractivity contribution >= 4 is 29.2 Å². The number of carbonyl (C=O) groups is 2. The van der Waals surface area contributed by atoms with Gasteiger partial charge < -0.3 is 19.8 Å². The van der Waals surface area contributed by atoms with Gasteiger partial charge in [0.1, 0.15) is 17.4 Å². The van der Waals surface area contributed by atoms with Gasteiger partial charge >= 0.3 is 0 Å². The van der Waals surface area contributed by atoms with Gasteiger partial charge in [-0.3, -0.25) is 14.5 Å². The van der Waals surface area contributed by atoms with Crippen LogP contribution in [0.15, 0.2) is 29.4 Å². The Morgan fingerprint density at radius 1 is 0.957 bits per heavy atom. The number of hydrogen-bond acceptors (Lipinski definition) is 9. The van der Waals surface area contributed by atoms with Crippen molar-refractivity contribution in [2.45, 2.75) is 86.7 Å². The molecule has 1 aromatic rings. The smallest absolute Gasteiger partial charge is 0.229 e. The van der Waals surface area contributed by atoms with Gasteiger partial charge in [-0.2, -0.15) is 9.97 Å². The highest BCUT2D eigenvalue weighted by molar-refractivity contribution is 6.02. The van der Waals surface area contributed by atoms with Crippen molar-refractivity contribution in [2.75, 3.05) is 73.6 Å². The number of rotatable bonds is 10. The fraction of sp³-hybridized carbons (Fsp3) is 0.737. The number of aromatic nitrogens is 2. The highest BCUT2D eigenvalue weighted by Gasteiger charge is 2.63. The fourth-order valence-corrected chi connectivity index (χ4v) is 10.6. The average Bonchev–Trinajstić information content (AvgIpc) is 3.39. The highest BCUT2D eigenvalue weighted by Crippen LogP contribution is 2.67. The topological polar surface area (TPSA) is 93.1 Å². The first kappa shape index (κ1) is 34.1. The summed E-state index contributed by atoms with van der Waals surface area (Å²) in [4.78, 5) is 45.6. The second kappa shape index (κ2) is 13.3. The Morgan fingerprint density at radius 3 is 2.30 bits per heavy atom. The molecule has 6 rings (SSSR count). The summed E-state index contributed by atoms with van der Waals surface area (Å²) in [7, 11) is 0.